The summed E-state index contributed by atoms with van der Waals surface area (Å²) in [6.07, 6.45) is -4.16. The number of hydrogen-bond donors (Lipinski definition) is 3. The molecule has 3 N–H and O–H groups in total. The summed E-state index contributed by atoms with van der Waals surface area (Å²) in [7, 11) is 0. The van der Waals surface area contributed by atoms with E-state index in [1.807, 2.05) is 44.2 Å². The number of rotatable bonds is 12. The average Bonchev–Trinajstić information content (AvgIpc) is 2.95. The van der Waals surface area contributed by atoms with Crippen LogP contribution in [0.2, 0.25) is 0 Å². The van der Waals surface area contributed by atoms with Crippen LogP contribution >= 0.6 is 0 Å². The van der Waals surface area contributed by atoms with E-state index in [9.17, 15) is 27.6 Å². The summed E-state index contributed by atoms with van der Waals surface area (Å²) in [6.45, 7) is 9.28. The average molecular weight is 628 g/mol. The van der Waals surface area contributed by atoms with Crippen LogP contribution in [0.5, 0.6) is 5.75 Å². The highest BCUT2D eigenvalue weighted by molar-refractivity contribution is 5.95. The van der Waals surface area contributed by atoms with E-state index in [0.29, 0.717) is 12.4 Å². The van der Waals surface area contributed by atoms with E-state index in [1.165, 1.54) is 0 Å². The van der Waals surface area contributed by atoms with Crippen molar-refractivity contribution >= 4 is 23.6 Å². The van der Waals surface area contributed by atoms with Gasteiger partial charge in [0, 0.05) is 12.1 Å². The highest BCUT2D eigenvalue weighted by Crippen LogP contribution is 2.29. The fraction of sp³-hybridized carbons (Fsp3) is 0.382. The van der Waals surface area contributed by atoms with Crippen molar-refractivity contribution in [3.8, 4) is 5.75 Å². The van der Waals surface area contributed by atoms with Gasteiger partial charge in [0.1, 0.15) is 30.0 Å². The zero-order chi connectivity index (χ0) is 33.2. The lowest BCUT2D eigenvalue weighted by atomic mass is 10.0. The third kappa shape index (κ3) is 12.2. The third-order valence-electron chi connectivity index (χ3n) is 6.42. The topological polar surface area (TPSA) is 106 Å². The number of benzene rings is 3. The van der Waals surface area contributed by atoms with Gasteiger partial charge in [0.25, 0.3) is 0 Å². The standard InChI is InChI=1S/C34H40F3N3O5/c1-22(2)19-28(40-32(43)38-26-15-13-25(14-16-26)34(35,36)37)30(41)39-29(31(42)45-33(3,4)5)20-23-11-17-27(18-12-23)44-21-24-9-7-6-8-10-24/h6-18,22,28-29H,19-21H2,1-5H3,(H,39,41)(H2,38,40,43). The normalized spacial score (nSPS) is 13.0. The Hall–Kier alpha value is -4.54. The molecular weight excluding hydrogens is 587 g/mol. The summed E-state index contributed by atoms with van der Waals surface area (Å²) in [5, 5.41) is 7.77. The Morgan fingerprint density at radius 1 is 0.778 bits per heavy atom. The van der Waals surface area contributed by atoms with Crippen molar-refractivity contribution in [3.63, 3.8) is 0 Å². The summed E-state index contributed by atoms with van der Waals surface area (Å²) >= 11 is 0. The molecule has 2 atom stereocenters. The Labute approximate surface area is 261 Å². The summed E-state index contributed by atoms with van der Waals surface area (Å²) in [5.41, 5.74) is 0.213. The van der Waals surface area contributed by atoms with Crippen molar-refractivity contribution in [1.82, 2.24) is 10.6 Å². The van der Waals surface area contributed by atoms with Crippen LogP contribution in [-0.4, -0.2) is 35.6 Å². The second-order valence-corrected chi connectivity index (χ2v) is 12.1. The number of urea groups is 1. The van der Waals surface area contributed by atoms with E-state index >= 15 is 0 Å². The van der Waals surface area contributed by atoms with Crippen LogP contribution in [0.15, 0.2) is 78.9 Å². The number of carbonyl (C=O) groups excluding carboxylic acids is 3. The largest absolute Gasteiger partial charge is 0.489 e. The van der Waals surface area contributed by atoms with Gasteiger partial charge in [0.05, 0.1) is 5.56 Å². The van der Waals surface area contributed by atoms with E-state index in [4.69, 9.17) is 9.47 Å². The van der Waals surface area contributed by atoms with Gasteiger partial charge in [-0.3, -0.25) is 4.79 Å². The van der Waals surface area contributed by atoms with Gasteiger partial charge in [0.15, 0.2) is 0 Å². The molecule has 3 amide bonds. The molecule has 8 nitrogen and oxygen atoms in total. The fourth-order valence-electron chi connectivity index (χ4n) is 4.31. The van der Waals surface area contributed by atoms with E-state index in [1.54, 1.807) is 45.0 Å². The summed E-state index contributed by atoms with van der Waals surface area (Å²) < 4.78 is 50.1. The summed E-state index contributed by atoms with van der Waals surface area (Å²) in [6, 6.07) is 17.9. The van der Waals surface area contributed by atoms with Gasteiger partial charge in [0.2, 0.25) is 5.91 Å². The first-order valence-corrected chi connectivity index (χ1v) is 14.6. The molecule has 0 radical (unpaired) electrons. The van der Waals surface area contributed by atoms with Crippen LogP contribution in [0, 0.1) is 5.92 Å². The first kappa shape index (κ1) is 34.9. The Kier molecular flexibility index (Phi) is 12.0. The van der Waals surface area contributed by atoms with E-state index in [-0.39, 0.29) is 24.4 Å². The molecule has 0 aromatic heterocycles. The predicted molar refractivity (Wildman–Crippen MR) is 166 cm³/mol. The number of hydrogen-bond acceptors (Lipinski definition) is 5. The van der Waals surface area contributed by atoms with Crippen LogP contribution in [0.1, 0.15) is 57.7 Å². The van der Waals surface area contributed by atoms with E-state index in [0.717, 1.165) is 35.4 Å². The lowest BCUT2D eigenvalue weighted by Crippen LogP contribution is -2.54. The van der Waals surface area contributed by atoms with Crippen molar-refractivity contribution in [2.24, 2.45) is 5.92 Å². The number of anilines is 1. The fourth-order valence-corrected chi connectivity index (χ4v) is 4.31. The van der Waals surface area contributed by atoms with Crippen molar-refractivity contribution in [3.05, 3.63) is 95.6 Å². The maximum Gasteiger partial charge on any atom is 0.416 e. The molecule has 11 heteroatoms. The maximum atomic E-state index is 13.5. The number of alkyl halides is 3. The number of nitrogens with one attached hydrogen (secondary N) is 3. The van der Waals surface area contributed by atoms with Gasteiger partial charge in [-0.1, -0.05) is 56.3 Å². The molecule has 0 aliphatic carbocycles. The molecule has 3 rings (SSSR count). The molecule has 0 spiro atoms. The van der Waals surface area contributed by atoms with Crippen molar-refractivity contribution < 1.29 is 37.0 Å². The molecule has 0 aliphatic rings. The highest BCUT2D eigenvalue weighted by Gasteiger charge is 2.32. The molecule has 0 heterocycles. The van der Waals surface area contributed by atoms with Gasteiger partial charge in [-0.15, -0.1) is 0 Å². The van der Waals surface area contributed by atoms with Gasteiger partial charge in [-0.05, 0) is 80.6 Å². The summed E-state index contributed by atoms with van der Waals surface area (Å²) in [4.78, 5) is 39.4. The van der Waals surface area contributed by atoms with Crippen LogP contribution in [0.25, 0.3) is 0 Å². The van der Waals surface area contributed by atoms with Gasteiger partial charge >= 0.3 is 18.2 Å². The molecule has 45 heavy (non-hydrogen) atoms. The van der Waals surface area contributed by atoms with Crippen LogP contribution in [-0.2, 0) is 33.5 Å². The lowest BCUT2D eigenvalue weighted by molar-refractivity contribution is -0.158. The van der Waals surface area contributed by atoms with Gasteiger partial charge < -0.3 is 25.4 Å². The number of ether oxygens (including phenoxy) is 2. The predicted octanol–water partition coefficient (Wildman–Crippen LogP) is 6.89. The highest BCUT2D eigenvalue weighted by atomic mass is 19.4. The van der Waals surface area contributed by atoms with Crippen LogP contribution in [0.3, 0.4) is 0 Å². The van der Waals surface area contributed by atoms with E-state index in [2.05, 4.69) is 16.0 Å². The second kappa shape index (κ2) is 15.5. The number of halogens is 3. The van der Waals surface area contributed by atoms with Crippen molar-refractivity contribution in [1.29, 1.82) is 0 Å². The number of amides is 3. The van der Waals surface area contributed by atoms with E-state index < -0.39 is 47.3 Å². The Morgan fingerprint density at radius 2 is 1.40 bits per heavy atom. The molecule has 3 aromatic carbocycles. The first-order chi connectivity index (χ1) is 21.1. The van der Waals surface area contributed by atoms with Crippen molar-refractivity contribution in [2.75, 3.05) is 5.32 Å². The van der Waals surface area contributed by atoms with Crippen LogP contribution in [0.4, 0.5) is 23.7 Å². The zero-order valence-corrected chi connectivity index (χ0v) is 26.0. The Balaban J connectivity index is 1.70. The molecule has 0 saturated carbocycles. The molecule has 0 saturated heterocycles. The molecule has 0 bridgehead atoms. The van der Waals surface area contributed by atoms with Gasteiger partial charge in [-0.2, -0.15) is 13.2 Å². The number of carbonyl (C=O) groups is 3. The number of esters is 1. The minimum atomic E-state index is -4.51. The summed E-state index contributed by atoms with van der Waals surface area (Å²) in [5.74, 6) is -0.626. The van der Waals surface area contributed by atoms with Crippen molar-refractivity contribution in [2.45, 2.75) is 77.9 Å². The first-order valence-electron chi connectivity index (χ1n) is 14.6. The van der Waals surface area contributed by atoms with Crippen LogP contribution < -0.4 is 20.7 Å². The zero-order valence-electron chi connectivity index (χ0n) is 26.0. The smallest absolute Gasteiger partial charge is 0.416 e. The lowest BCUT2D eigenvalue weighted by Gasteiger charge is -2.27. The third-order valence-corrected chi connectivity index (χ3v) is 6.42. The monoisotopic (exact) mass is 627 g/mol. The minimum absolute atomic E-state index is 0.0180. The molecule has 0 fully saturated rings. The molecule has 0 aliphatic heterocycles. The second-order valence-electron chi connectivity index (χ2n) is 12.1. The quantitative estimate of drug-likeness (QED) is 0.190. The molecule has 2 unspecified atom stereocenters. The molecule has 3 aromatic rings. The maximum absolute atomic E-state index is 13.5. The Bertz CT molecular complexity index is 1400. The SMILES string of the molecule is CC(C)CC(NC(=O)Nc1ccc(C(F)(F)F)cc1)C(=O)NC(Cc1ccc(OCc2ccccc2)cc1)C(=O)OC(C)(C)C. The molecular formula is C34H40F3N3O5. The Morgan fingerprint density at radius 3 is 1.96 bits per heavy atom. The molecule has 242 valence electrons. The van der Waals surface area contributed by atoms with Gasteiger partial charge in [-0.25, -0.2) is 9.59 Å². The minimum Gasteiger partial charge on any atom is -0.489 e.